The first-order valence-corrected chi connectivity index (χ1v) is 6.97. The summed E-state index contributed by atoms with van der Waals surface area (Å²) in [5, 5.41) is 0. The van der Waals surface area contributed by atoms with Crippen molar-refractivity contribution in [3.63, 3.8) is 0 Å². The van der Waals surface area contributed by atoms with Gasteiger partial charge in [-0.25, -0.2) is 0 Å². The third kappa shape index (κ3) is 3.16. The molecular weight excluding hydrogens is 236 g/mol. The van der Waals surface area contributed by atoms with E-state index in [-0.39, 0.29) is 5.54 Å². The van der Waals surface area contributed by atoms with Gasteiger partial charge in [0.1, 0.15) is 0 Å². The van der Waals surface area contributed by atoms with Gasteiger partial charge >= 0.3 is 0 Å². The highest BCUT2D eigenvalue weighted by Crippen LogP contribution is 2.24. The summed E-state index contributed by atoms with van der Waals surface area (Å²) in [5.41, 5.74) is 3.25. The summed E-state index contributed by atoms with van der Waals surface area (Å²) >= 11 is 0. The number of hydrogen-bond acceptors (Lipinski definition) is 3. The standard InChI is InChI=1S/C16H24N2O/c1-13-5-6-15(14(11-13)12-19)17-7-9-18(10-8-17)16(2,3)4/h5-6,11-12H,7-10H2,1-4H3. The Bertz CT molecular complexity index is 454. The fraction of sp³-hybridized carbons (Fsp3) is 0.562. The molecular formula is C16H24N2O. The molecule has 1 saturated heterocycles. The van der Waals surface area contributed by atoms with E-state index in [9.17, 15) is 4.79 Å². The van der Waals surface area contributed by atoms with Gasteiger partial charge in [-0.3, -0.25) is 9.69 Å². The molecule has 1 fully saturated rings. The zero-order valence-corrected chi connectivity index (χ0v) is 12.4. The summed E-state index contributed by atoms with van der Waals surface area (Å²) < 4.78 is 0. The summed E-state index contributed by atoms with van der Waals surface area (Å²) in [6.07, 6.45) is 0.971. The van der Waals surface area contributed by atoms with E-state index in [1.807, 2.05) is 13.0 Å². The van der Waals surface area contributed by atoms with Gasteiger partial charge in [-0.1, -0.05) is 11.6 Å². The SMILES string of the molecule is Cc1ccc(N2CCN(C(C)(C)C)CC2)c(C=O)c1. The molecule has 0 atom stereocenters. The smallest absolute Gasteiger partial charge is 0.152 e. The topological polar surface area (TPSA) is 23.6 Å². The van der Waals surface area contributed by atoms with E-state index in [1.165, 1.54) is 0 Å². The molecule has 0 saturated carbocycles. The molecule has 1 aliphatic heterocycles. The summed E-state index contributed by atoms with van der Waals surface area (Å²) in [5.74, 6) is 0. The monoisotopic (exact) mass is 260 g/mol. The molecule has 0 bridgehead atoms. The third-order valence-electron chi connectivity index (χ3n) is 3.88. The van der Waals surface area contributed by atoms with Crippen LogP contribution in [0.5, 0.6) is 0 Å². The number of carbonyl (C=O) groups excluding carboxylic acids is 1. The third-order valence-corrected chi connectivity index (χ3v) is 3.88. The molecule has 1 heterocycles. The van der Waals surface area contributed by atoms with Gasteiger partial charge in [0.15, 0.2) is 6.29 Å². The fourth-order valence-electron chi connectivity index (χ4n) is 2.67. The van der Waals surface area contributed by atoms with Crippen LogP contribution in [0.3, 0.4) is 0 Å². The highest BCUT2D eigenvalue weighted by atomic mass is 16.1. The molecule has 0 unspecified atom stereocenters. The Morgan fingerprint density at radius 1 is 1.11 bits per heavy atom. The van der Waals surface area contributed by atoms with E-state index < -0.39 is 0 Å². The Balaban J connectivity index is 2.12. The van der Waals surface area contributed by atoms with Crippen LogP contribution in [0.25, 0.3) is 0 Å². The minimum absolute atomic E-state index is 0.229. The lowest BCUT2D eigenvalue weighted by atomic mass is 10.0. The second-order valence-corrected chi connectivity index (χ2v) is 6.33. The van der Waals surface area contributed by atoms with Crippen LogP contribution in [-0.2, 0) is 0 Å². The van der Waals surface area contributed by atoms with Gasteiger partial charge in [-0.15, -0.1) is 0 Å². The van der Waals surface area contributed by atoms with Crippen molar-refractivity contribution in [2.45, 2.75) is 33.2 Å². The lowest BCUT2D eigenvalue weighted by Gasteiger charge is -2.43. The Kier molecular flexibility index (Phi) is 3.95. The van der Waals surface area contributed by atoms with Gasteiger partial charge < -0.3 is 4.90 Å². The van der Waals surface area contributed by atoms with Gasteiger partial charge in [0, 0.05) is 43.0 Å². The molecule has 1 aromatic rings. The van der Waals surface area contributed by atoms with E-state index in [2.05, 4.69) is 42.7 Å². The number of aldehydes is 1. The molecule has 0 aromatic heterocycles. The Hall–Kier alpha value is -1.35. The second kappa shape index (κ2) is 5.33. The molecule has 2 rings (SSSR count). The Morgan fingerprint density at radius 3 is 2.26 bits per heavy atom. The van der Waals surface area contributed by atoms with Crippen molar-refractivity contribution in [1.29, 1.82) is 0 Å². The molecule has 0 N–H and O–H groups in total. The first kappa shape index (κ1) is 14.1. The quantitative estimate of drug-likeness (QED) is 0.764. The predicted molar refractivity (Wildman–Crippen MR) is 80.1 cm³/mol. The number of anilines is 1. The normalized spacial score (nSPS) is 17.6. The number of aryl methyl sites for hydroxylation is 1. The average Bonchev–Trinajstić information content (AvgIpc) is 2.37. The minimum atomic E-state index is 0.229. The van der Waals surface area contributed by atoms with Crippen molar-refractivity contribution in [3.05, 3.63) is 29.3 Å². The summed E-state index contributed by atoms with van der Waals surface area (Å²) in [6.45, 7) is 12.9. The molecule has 1 aliphatic rings. The second-order valence-electron chi connectivity index (χ2n) is 6.33. The first-order chi connectivity index (χ1) is 8.91. The van der Waals surface area contributed by atoms with Gasteiger partial charge in [0.25, 0.3) is 0 Å². The fourth-order valence-corrected chi connectivity index (χ4v) is 2.67. The minimum Gasteiger partial charge on any atom is -0.368 e. The van der Waals surface area contributed by atoms with Crippen molar-refractivity contribution >= 4 is 12.0 Å². The van der Waals surface area contributed by atoms with E-state index in [0.29, 0.717) is 0 Å². The van der Waals surface area contributed by atoms with Crippen LogP contribution < -0.4 is 4.90 Å². The largest absolute Gasteiger partial charge is 0.368 e. The van der Waals surface area contributed by atoms with Crippen LogP contribution in [0.2, 0.25) is 0 Å². The zero-order valence-electron chi connectivity index (χ0n) is 12.4. The van der Waals surface area contributed by atoms with Crippen LogP contribution in [0, 0.1) is 6.92 Å². The number of carbonyl (C=O) groups is 1. The number of rotatable bonds is 2. The van der Waals surface area contributed by atoms with E-state index in [4.69, 9.17) is 0 Å². The van der Waals surface area contributed by atoms with Crippen molar-refractivity contribution < 1.29 is 4.79 Å². The van der Waals surface area contributed by atoms with Crippen LogP contribution in [0.15, 0.2) is 18.2 Å². The molecule has 0 aliphatic carbocycles. The van der Waals surface area contributed by atoms with E-state index >= 15 is 0 Å². The van der Waals surface area contributed by atoms with Crippen LogP contribution in [-0.4, -0.2) is 42.9 Å². The molecule has 0 spiro atoms. The number of hydrogen-bond donors (Lipinski definition) is 0. The molecule has 3 nitrogen and oxygen atoms in total. The average molecular weight is 260 g/mol. The number of piperazine rings is 1. The number of nitrogens with zero attached hydrogens (tertiary/aromatic N) is 2. The maximum Gasteiger partial charge on any atom is 0.152 e. The maximum absolute atomic E-state index is 11.2. The van der Waals surface area contributed by atoms with Crippen LogP contribution in [0.1, 0.15) is 36.7 Å². The Morgan fingerprint density at radius 2 is 1.74 bits per heavy atom. The highest BCUT2D eigenvalue weighted by Gasteiger charge is 2.26. The van der Waals surface area contributed by atoms with Crippen LogP contribution >= 0.6 is 0 Å². The summed E-state index contributed by atoms with van der Waals surface area (Å²) in [6, 6.07) is 6.13. The van der Waals surface area contributed by atoms with Gasteiger partial charge in [0.2, 0.25) is 0 Å². The van der Waals surface area contributed by atoms with E-state index in [0.717, 1.165) is 49.3 Å². The van der Waals surface area contributed by atoms with Crippen molar-refractivity contribution in [2.24, 2.45) is 0 Å². The first-order valence-electron chi connectivity index (χ1n) is 6.97. The number of benzene rings is 1. The molecule has 0 amide bonds. The lowest BCUT2D eigenvalue weighted by Crippen LogP contribution is -2.53. The highest BCUT2D eigenvalue weighted by molar-refractivity contribution is 5.85. The van der Waals surface area contributed by atoms with Crippen molar-refractivity contribution in [3.8, 4) is 0 Å². The Labute approximate surface area is 116 Å². The molecule has 1 aromatic carbocycles. The molecule has 19 heavy (non-hydrogen) atoms. The van der Waals surface area contributed by atoms with Gasteiger partial charge in [0.05, 0.1) is 0 Å². The summed E-state index contributed by atoms with van der Waals surface area (Å²) in [4.78, 5) is 16.0. The zero-order chi connectivity index (χ0) is 14.0. The maximum atomic E-state index is 11.2. The van der Waals surface area contributed by atoms with Gasteiger partial charge in [-0.2, -0.15) is 0 Å². The van der Waals surface area contributed by atoms with Gasteiger partial charge in [-0.05, 0) is 39.8 Å². The van der Waals surface area contributed by atoms with Crippen molar-refractivity contribution in [2.75, 3.05) is 31.1 Å². The van der Waals surface area contributed by atoms with Crippen LogP contribution in [0.4, 0.5) is 5.69 Å². The molecule has 104 valence electrons. The molecule has 0 radical (unpaired) electrons. The molecule has 3 heteroatoms. The lowest BCUT2D eigenvalue weighted by molar-refractivity contribution is 0.112. The summed E-state index contributed by atoms with van der Waals surface area (Å²) in [7, 11) is 0. The predicted octanol–water partition coefficient (Wildman–Crippen LogP) is 2.73. The van der Waals surface area contributed by atoms with E-state index in [1.54, 1.807) is 0 Å². The van der Waals surface area contributed by atoms with Crippen molar-refractivity contribution in [1.82, 2.24) is 4.90 Å².